The minimum Gasteiger partial charge on any atom is -0.508 e. The summed E-state index contributed by atoms with van der Waals surface area (Å²) in [6.45, 7) is -0.535. The number of hydrogen-bond acceptors (Lipinski definition) is 5. The highest BCUT2D eigenvalue weighted by Crippen LogP contribution is 2.33. The molecule has 1 aliphatic rings. The number of phenols is 1. The van der Waals surface area contributed by atoms with Crippen LogP contribution in [-0.4, -0.2) is 42.4 Å². The quantitative estimate of drug-likeness (QED) is 0.259. The van der Waals surface area contributed by atoms with E-state index < -0.39 is 22.5 Å². The number of aliphatic hydroxyl groups is 1. The molecule has 0 bridgehead atoms. The highest BCUT2D eigenvalue weighted by atomic mass is 32.2. The second-order valence-corrected chi connectivity index (χ2v) is 12.8. The van der Waals surface area contributed by atoms with Crippen LogP contribution < -0.4 is 4.90 Å². The zero-order chi connectivity index (χ0) is 29.0. The number of rotatable bonds is 9. The molecule has 1 amide bonds. The van der Waals surface area contributed by atoms with Gasteiger partial charge in [0, 0.05) is 29.8 Å². The maximum Gasteiger partial charge on any atom is 0.243 e. The van der Waals surface area contributed by atoms with Crippen LogP contribution in [0.4, 0.5) is 5.69 Å². The van der Waals surface area contributed by atoms with E-state index in [-0.39, 0.29) is 23.8 Å². The summed E-state index contributed by atoms with van der Waals surface area (Å²) in [5.74, 6) is -0.0116. The number of aliphatic hydroxyl groups excluding tert-OH is 1. The van der Waals surface area contributed by atoms with Crippen molar-refractivity contribution >= 4 is 32.4 Å². The number of benzene rings is 4. The molecule has 0 atom stereocenters. The van der Waals surface area contributed by atoms with Crippen molar-refractivity contribution in [3.63, 3.8) is 0 Å². The van der Waals surface area contributed by atoms with E-state index in [2.05, 4.69) is 12.1 Å². The molecule has 0 radical (unpaired) electrons. The zero-order valence-corrected chi connectivity index (χ0v) is 24.1. The Morgan fingerprint density at radius 3 is 2.32 bits per heavy atom. The molecule has 1 saturated carbocycles. The van der Waals surface area contributed by atoms with Crippen LogP contribution in [0.5, 0.6) is 5.75 Å². The lowest BCUT2D eigenvalue weighted by Crippen LogP contribution is -2.41. The van der Waals surface area contributed by atoms with Crippen molar-refractivity contribution in [1.29, 1.82) is 0 Å². The van der Waals surface area contributed by atoms with Crippen LogP contribution in [0.1, 0.15) is 54.7 Å². The average molecular weight is 573 g/mol. The van der Waals surface area contributed by atoms with Crippen LogP contribution >= 0.6 is 0 Å². The fraction of sp³-hybridized carbons (Fsp3) is 0.303. The van der Waals surface area contributed by atoms with Gasteiger partial charge >= 0.3 is 0 Å². The Kier molecular flexibility index (Phi) is 8.73. The lowest BCUT2D eigenvalue weighted by molar-refractivity contribution is -0.118. The molecule has 0 unspecified atom stereocenters. The molecular formula is C33H36N2O5S. The van der Waals surface area contributed by atoms with E-state index in [1.807, 2.05) is 30.3 Å². The third kappa shape index (κ3) is 6.30. The number of carbonyl (C=O) groups excluding carboxylic acids is 1. The van der Waals surface area contributed by atoms with Crippen molar-refractivity contribution in [2.45, 2.75) is 56.1 Å². The molecule has 0 saturated heterocycles. The Hall–Kier alpha value is -3.72. The van der Waals surface area contributed by atoms with Gasteiger partial charge in [-0.25, -0.2) is 8.42 Å². The third-order valence-electron chi connectivity index (χ3n) is 8.04. The second kappa shape index (κ2) is 12.4. The molecular weight excluding hydrogens is 536 g/mol. The van der Waals surface area contributed by atoms with E-state index >= 15 is 0 Å². The standard InChI is InChI=1S/C33H36N2O5S/c1-34(41(39,40)32-13-7-11-27-10-5-6-12-30(27)32)22-33(38)35(29-19-18-28(23-36)31(37)20-29)21-24-14-16-26(17-15-24)25-8-3-2-4-9-25/h5-7,10-20,25,36-37H,2-4,8-9,21-23H2,1H3. The first-order valence-corrected chi connectivity index (χ1v) is 15.5. The van der Waals surface area contributed by atoms with Crippen molar-refractivity contribution in [2.75, 3.05) is 18.5 Å². The summed E-state index contributed by atoms with van der Waals surface area (Å²) in [5.41, 5.74) is 2.95. The van der Waals surface area contributed by atoms with Crippen molar-refractivity contribution in [1.82, 2.24) is 4.31 Å². The van der Waals surface area contributed by atoms with Crippen LogP contribution in [0.2, 0.25) is 0 Å². The fourth-order valence-corrected chi connectivity index (χ4v) is 6.97. The monoisotopic (exact) mass is 572 g/mol. The topological polar surface area (TPSA) is 98.2 Å². The molecule has 2 N–H and O–H groups in total. The molecule has 214 valence electrons. The number of amides is 1. The Morgan fingerprint density at radius 2 is 1.61 bits per heavy atom. The minimum absolute atomic E-state index is 0.132. The number of nitrogens with zero attached hydrogens (tertiary/aromatic N) is 2. The van der Waals surface area contributed by atoms with E-state index in [1.165, 1.54) is 55.7 Å². The summed E-state index contributed by atoms with van der Waals surface area (Å²) in [7, 11) is -2.58. The second-order valence-electron chi connectivity index (χ2n) is 10.8. The summed E-state index contributed by atoms with van der Waals surface area (Å²) >= 11 is 0. The molecule has 41 heavy (non-hydrogen) atoms. The van der Waals surface area contributed by atoms with Gasteiger partial charge in [-0.3, -0.25) is 4.79 Å². The molecule has 7 nitrogen and oxygen atoms in total. The van der Waals surface area contributed by atoms with Crippen LogP contribution in [0, 0.1) is 0 Å². The third-order valence-corrected chi connectivity index (χ3v) is 9.91. The lowest BCUT2D eigenvalue weighted by Gasteiger charge is -2.27. The number of likely N-dealkylation sites (N-methyl/N-ethyl adjacent to an activating group) is 1. The van der Waals surface area contributed by atoms with Gasteiger partial charge in [-0.1, -0.05) is 86.0 Å². The van der Waals surface area contributed by atoms with Gasteiger partial charge in [0.25, 0.3) is 0 Å². The van der Waals surface area contributed by atoms with E-state index in [1.54, 1.807) is 36.4 Å². The molecule has 0 aromatic heterocycles. The van der Waals surface area contributed by atoms with Gasteiger partial charge in [0.05, 0.1) is 24.6 Å². The number of sulfonamides is 1. The summed E-state index contributed by atoms with van der Waals surface area (Å²) in [4.78, 5) is 15.4. The number of fused-ring (bicyclic) bond motifs is 1. The van der Waals surface area contributed by atoms with E-state index in [9.17, 15) is 23.4 Å². The Labute approximate surface area is 241 Å². The molecule has 1 fully saturated rings. The van der Waals surface area contributed by atoms with Crippen molar-refractivity contribution in [3.05, 3.63) is 102 Å². The maximum atomic E-state index is 13.8. The van der Waals surface area contributed by atoms with Gasteiger partial charge < -0.3 is 15.1 Å². The minimum atomic E-state index is -3.98. The van der Waals surface area contributed by atoms with Crippen molar-refractivity contribution in [2.24, 2.45) is 0 Å². The van der Waals surface area contributed by atoms with Crippen LogP contribution in [0.25, 0.3) is 10.8 Å². The Morgan fingerprint density at radius 1 is 0.902 bits per heavy atom. The molecule has 1 aliphatic carbocycles. The Balaban J connectivity index is 1.41. The van der Waals surface area contributed by atoms with Crippen molar-refractivity contribution in [3.8, 4) is 5.75 Å². The SMILES string of the molecule is CN(CC(=O)N(Cc1ccc(C2CCCCC2)cc1)c1ccc(CO)c(O)c1)S(=O)(=O)c1cccc2ccccc12. The number of carbonyl (C=O) groups is 1. The van der Waals surface area contributed by atoms with Crippen LogP contribution in [0.15, 0.2) is 89.8 Å². The lowest BCUT2D eigenvalue weighted by atomic mass is 9.84. The van der Waals surface area contributed by atoms with E-state index in [0.717, 1.165) is 15.3 Å². The smallest absolute Gasteiger partial charge is 0.243 e. The van der Waals surface area contributed by atoms with Gasteiger partial charge in [-0.05, 0) is 47.4 Å². The number of hydrogen-bond donors (Lipinski definition) is 2. The first kappa shape index (κ1) is 28.8. The molecule has 8 heteroatoms. The van der Waals surface area contributed by atoms with E-state index in [0.29, 0.717) is 22.6 Å². The maximum absolute atomic E-state index is 13.8. The largest absolute Gasteiger partial charge is 0.508 e. The summed E-state index contributed by atoms with van der Waals surface area (Å²) in [6, 6.07) is 25.3. The number of aromatic hydroxyl groups is 1. The zero-order valence-electron chi connectivity index (χ0n) is 23.2. The predicted molar refractivity (Wildman–Crippen MR) is 161 cm³/mol. The summed E-state index contributed by atoms with van der Waals surface area (Å²) in [5, 5.41) is 21.3. The molecule has 0 heterocycles. The fourth-order valence-electron chi connectivity index (χ4n) is 5.64. The highest BCUT2D eigenvalue weighted by molar-refractivity contribution is 7.89. The van der Waals surface area contributed by atoms with E-state index in [4.69, 9.17) is 0 Å². The Bertz CT molecular complexity index is 1620. The van der Waals surface area contributed by atoms with Gasteiger partial charge in [-0.2, -0.15) is 4.31 Å². The molecule has 0 spiro atoms. The van der Waals surface area contributed by atoms with Gasteiger partial charge in [0.1, 0.15) is 5.75 Å². The molecule has 4 aromatic rings. The van der Waals surface area contributed by atoms with Gasteiger partial charge in [-0.15, -0.1) is 0 Å². The summed E-state index contributed by atoms with van der Waals surface area (Å²) in [6.07, 6.45) is 6.17. The molecule has 5 rings (SSSR count). The first-order valence-electron chi connectivity index (χ1n) is 14.0. The summed E-state index contributed by atoms with van der Waals surface area (Å²) < 4.78 is 28.3. The molecule has 0 aliphatic heterocycles. The molecule has 4 aromatic carbocycles. The first-order chi connectivity index (χ1) is 19.8. The van der Waals surface area contributed by atoms with Crippen LogP contribution in [-0.2, 0) is 28.0 Å². The van der Waals surface area contributed by atoms with Crippen LogP contribution in [0.3, 0.4) is 0 Å². The average Bonchev–Trinajstić information content (AvgIpc) is 3.00. The van der Waals surface area contributed by atoms with Gasteiger partial charge in [0.2, 0.25) is 15.9 Å². The normalized spacial score (nSPS) is 14.4. The number of anilines is 1. The van der Waals surface area contributed by atoms with Gasteiger partial charge in [0.15, 0.2) is 0 Å². The predicted octanol–water partition coefficient (Wildman–Crippen LogP) is 5.94. The highest BCUT2D eigenvalue weighted by Gasteiger charge is 2.28. The van der Waals surface area contributed by atoms with Crippen molar-refractivity contribution < 1.29 is 23.4 Å².